The molecule has 1 aliphatic rings. The van der Waals surface area contributed by atoms with Crippen molar-refractivity contribution in [3.05, 3.63) is 72.3 Å². The summed E-state index contributed by atoms with van der Waals surface area (Å²) in [6, 6.07) is 22.8. The lowest BCUT2D eigenvalue weighted by atomic mass is 10.1. The molecule has 0 aliphatic carbocycles. The Bertz CT molecular complexity index is 880. The zero-order valence-corrected chi connectivity index (χ0v) is 16.7. The number of aryl methyl sites for hydroxylation is 1. The second kappa shape index (κ2) is 10.0. The Balaban J connectivity index is 1.42. The number of hydrogen-bond acceptors (Lipinski definition) is 5. The third kappa shape index (κ3) is 5.78. The number of anilines is 2. The molecule has 1 saturated heterocycles. The standard InChI is InChI=1S/C24H28N4O/c1-3-9-19(10-4-1)11-7-15-25-24-27-22(20-12-5-2-6-13-20)17-23(28-24)26-18-21-14-8-16-29-21/h1-6,9-10,12-13,17,21H,7-8,11,14-16,18H2,(H2,25,26,27,28). The molecule has 5 nitrogen and oxygen atoms in total. The smallest absolute Gasteiger partial charge is 0.225 e. The van der Waals surface area contributed by atoms with Gasteiger partial charge in [-0.05, 0) is 31.2 Å². The number of hydrogen-bond donors (Lipinski definition) is 2. The molecule has 2 N–H and O–H groups in total. The minimum Gasteiger partial charge on any atom is -0.376 e. The van der Waals surface area contributed by atoms with E-state index in [4.69, 9.17) is 9.72 Å². The van der Waals surface area contributed by atoms with Gasteiger partial charge in [0.2, 0.25) is 5.95 Å². The molecule has 2 heterocycles. The first-order valence-corrected chi connectivity index (χ1v) is 10.4. The summed E-state index contributed by atoms with van der Waals surface area (Å²) in [5.41, 5.74) is 3.36. The first-order chi connectivity index (χ1) is 14.4. The van der Waals surface area contributed by atoms with Crippen LogP contribution < -0.4 is 10.6 Å². The fraction of sp³-hybridized carbons (Fsp3) is 0.333. The first-order valence-electron chi connectivity index (χ1n) is 10.4. The second-order valence-corrected chi connectivity index (χ2v) is 7.36. The minimum atomic E-state index is 0.271. The maximum atomic E-state index is 5.72. The Kier molecular flexibility index (Phi) is 6.71. The van der Waals surface area contributed by atoms with Gasteiger partial charge in [-0.3, -0.25) is 0 Å². The third-order valence-corrected chi connectivity index (χ3v) is 5.10. The van der Waals surface area contributed by atoms with Crippen molar-refractivity contribution in [2.45, 2.75) is 31.8 Å². The minimum absolute atomic E-state index is 0.271. The molecule has 5 heteroatoms. The molecule has 2 aromatic carbocycles. The van der Waals surface area contributed by atoms with Crippen LogP contribution in [0.15, 0.2) is 66.7 Å². The van der Waals surface area contributed by atoms with Crippen LogP contribution in [-0.4, -0.2) is 35.8 Å². The summed E-state index contributed by atoms with van der Waals surface area (Å²) >= 11 is 0. The summed E-state index contributed by atoms with van der Waals surface area (Å²) in [7, 11) is 0. The van der Waals surface area contributed by atoms with Crippen molar-refractivity contribution >= 4 is 11.8 Å². The molecule has 0 radical (unpaired) electrons. The van der Waals surface area contributed by atoms with Crippen LogP contribution in [-0.2, 0) is 11.2 Å². The molecule has 0 amide bonds. The lowest BCUT2D eigenvalue weighted by Crippen LogP contribution is -2.19. The number of aromatic nitrogens is 2. The van der Waals surface area contributed by atoms with E-state index in [1.54, 1.807) is 0 Å². The van der Waals surface area contributed by atoms with Gasteiger partial charge in [0.15, 0.2) is 0 Å². The molecular formula is C24H28N4O. The molecule has 1 aromatic heterocycles. The highest BCUT2D eigenvalue weighted by Gasteiger charge is 2.15. The van der Waals surface area contributed by atoms with Crippen LogP contribution in [0.5, 0.6) is 0 Å². The highest BCUT2D eigenvalue weighted by Crippen LogP contribution is 2.22. The summed E-state index contributed by atoms with van der Waals surface area (Å²) in [6.07, 6.45) is 4.58. The summed E-state index contributed by atoms with van der Waals surface area (Å²) < 4.78 is 5.72. The Morgan fingerprint density at radius 2 is 1.72 bits per heavy atom. The molecule has 150 valence electrons. The summed E-state index contributed by atoms with van der Waals surface area (Å²) in [6.45, 7) is 2.47. The summed E-state index contributed by atoms with van der Waals surface area (Å²) in [4.78, 5) is 9.41. The van der Waals surface area contributed by atoms with Gasteiger partial charge in [-0.25, -0.2) is 4.98 Å². The Morgan fingerprint density at radius 3 is 2.48 bits per heavy atom. The van der Waals surface area contributed by atoms with E-state index in [9.17, 15) is 0 Å². The molecule has 0 bridgehead atoms. The van der Waals surface area contributed by atoms with Gasteiger partial charge >= 0.3 is 0 Å². The van der Waals surface area contributed by atoms with E-state index >= 15 is 0 Å². The lowest BCUT2D eigenvalue weighted by Gasteiger charge is -2.14. The predicted molar refractivity (Wildman–Crippen MR) is 118 cm³/mol. The zero-order valence-electron chi connectivity index (χ0n) is 16.7. The van der Waals surface area contributed by atoms with Crippen molar-refractivity contribution in [1.82, 2.24) is 9.97 Å². The Hall–Kier alpha value is -2.92. The number of nitrogens with one attached hydrogen (secondary N) is 2. The van der Waals surface area contributed by atoms with E-state index in [-0.39, 0.29) is 6.10 Å². The molecule has 1 unspecified atom stereocenters. The molecule has 4 rings (SSSR count). The van der Waals surface area contributed by atoms with Crippen molar-refractivity contribution < 1.29 is 4.74 Å². The average Bonchev–Trinajstić information content (AvgIpc) is 3.30. The number of ether oxygens (including phenoxy) is 1. The Morgan fingerprint density at radius 1 is 0.931 bits per heavy atom. The predicted octanol–water partition coefficient (Wildman–Crippen LogP) is 4.78. The van der Waals surface area contributed by atoms with Crippen molar-refractivity contribution in [2.75, 3.05) is 30.3 Å². The van der Waals surface area contributed by atoms with E-state index in [1.165, 1.54) is 5.56 Å². The molecular weight excluding hydrogens is 360 g/mol. The van der Waals surface area contributed by atoms with Crippen molar-refractivity contribution in [3.63, 3.8) is 0 Å². The molecule has 0 saturated carbocycles. The largest absolute Gasteiger partial charge is 0.376 e. The fourth-order valence-electron chi connectivity index (χ4n) is 3.53. The molecule has 3 aromatic rings. The maximum absolute atomic E-state index is 5.72. The van der Waals surface area contributed by atoms with Crippen LogP contribution in [0.1, 0.15) is 24.8 Å². The van der Waals surface area contributed by atoms with Gasteiger partial charge in [0.25, 0.3) is 0 Å². The highest BCUT2D eigenvalue weighted by atomic mass is 16.5. The normalized spacial score (nSPS) is 15.9. The van der Waals surface area contributed by atoms with Gasteiger partial charge in [-0.2, -0.15) is 4.98 Å². The zero-order chi connectivity index (χ0) is 19.7. The van der Waals surface area contributed by atoms with Crippen molar-refractivity contribution in [3.8, 4) is 11.3 Å². The topological polar surface area (TPSA) is 59.1 Å². The van der Waals surface area contributed by atoms with Crippen LogP contribution in [0, 0.1) is 0 Å². The van der Waals surface area contributed by atoms with Gasteiger partial charge in [-0.1, -0.05) is 60.7 Å². The Labute approximate surface area is 172 Å². The van der Waals surface area contributed by atoms with Gasteiger partial charge in [0.1, 0.15) is 5.82 Å². The van der Waals surface area contributed by atoms with E-state index in [0.717, 1.165) is 62.5 Å². The average molecular weight is 389 g/mol. The SMILES string of the molecule is c1ccc(CCCNc2nc(NCC3CCCO3)cc(-c3ccccc3)n2)cc1. The summed E-state index contributed by atoms with van der Waals surface area (Å²) in [5, 5.41) is 6.84. The summed E-state index contributed by atoms with van der Waals surface area (Å²) in [5.74, 6) is 1.49. The first kappa shape index (κ1) is 19.4. The molecule has 29 heavy (non-hydrogen) atoms. The van der Waals surface area contributed by atoms with Gasteiger partial charge in [0.05, 0.1) is 11.8 Å². The number of nitrogens with zero attached hydrogens (tertiary/aromatic N) is 2. The maximum Gasteiger partial charge on any atom is 0.225 e. The van der Waals surface area contributed by atoms with E-state index < -0.39 is 0 Å². The van der Waals surface area contributed by atoms with Crippen LogP contribution in [0.25, 0.3) is 11.3 Å². The molecule has 1 atom stereocenters. The fourth-order valence-corrected chi connectivity index (χ4v) is 3.53. The number of benzene rings is 2. The van der Waals surface area contributed by atoms with E-state index in [0.29, 0.717) is 5.95 Å². The van der Waals surface area contributed by atoms with E-state index in [2.05, 4.69) is 58.1 Å². The third-order valence-electron chi connectivity index (χ3n) is 5.10. The molecule has 0 spiro atoms. The van der Waals surface area contributed by atoms with Crippen LogP contribution in [0.3, 0.4) is 0 Å². The van der Waals surface area contributed by atoms with Crippen LogP contribution >= 0.6 is 0 Å². The second-order valence-electron chi connectivity index (χ2n) is 7.36. The molecule has 1 aliphatic heterocycles. The van der Waals surface area contributed by atoms with Crippen molar-refractivity contribution in [1.29, 1.82) is 0 Å². The monoisotopic (exact) mass is 388 g/mol. The highest BCUT2D eigenvalue weighted by molar-refractivity contribution is 5.64. The van der Waals surface area contributed by atoms with Crippen molar-refractivity contribution in [2.24, 2.45) is 0 Å². The quantitative estimate of drug-likeness (QED) is 0.517. The van der Waals surface area contributed by atoms with Crippen LogP contribution in [0.2, 0.25) is 0 Å². The lowest BCUT2D eigenvalue weighted by molar-refractivity contribution is 0.120. The van der Waals surface area contributed by atoms with Crippen LogP contribution in [0.4, 0.5) is 11.8 Å². The van der Waals surface area contributed by atoms with Gasteiger partial charge in [-0.15, -0.1) is 0 Å². The van der Waals surface area contributed by atoms with Gasteiger partial charge in [0, 0.05) is 31.3 Å². The van der Waals surface area contributed by atoms with Gasteiger partial charge < -0.3 is 15.4 Å². The molecule has 1 fully saturated rings. The van der Waals surface area contributed by atoms with E-state index in [1.807, 2.05) is 24.3 Å². The number of rotatable bonds is 9.